The second kappa shape index (κ2) is 8.61. The Labute approximate surface area is 182 Å². The highest BCUT2D eigenvalue weighted by atomic mass is 16.5. The van der Waals surface area contributed by atoms with Gasteiger partial charge in [-0.15, -0.1) is 0 Å². The van der Waals surface area contributed by atoms with Crippen molar-refractivity contribution in [1.82, 2.24) is 0 Å². The largest absolute Gasteiger partial charge is 0.493 e. The first-order chi connectivity index (χ1) is 15.0. The number of fused-ring (bicyclic) bond motifs is 1. The van der Waals surface area contributed by atoms with E-state index in [4.69, 9.17) is 19.3 Å². The summed E-state index contributed by atoms with van der Waals surface area (Å²) in [6.07, 6.45) is 4.97. The van der Waals surface area contributed by atoms with Crippen molar-refractivity contribution >= 4 is 11.8 Å². The van der Waals surface area contributed by atoms with Gasteiger partial charge < -0.3 is 19.3 Å². The summed E-state index contributed by atoms with van der Waals surface area (Å²) in [7, 11) is 3.18. The van der Waals surface area contributed by atoms with Crippen molar-refractivity contribution in [1.29, 1.82) is 0 Å². The normalized spacial score (nSPS) is 16.0. The molecule has 2 aliphatic carbocycles. The van der Waals surface area contributed by atoms with Crippen LogP contribution < -0.4 is 14.2 Å². The summed E-state index contributed by atoms with van der Waals surface area (Å²) in [6, 6.07) is 9.63. The average Bonchev–Trinajstić information content (AvgIpc) is 3.44. The van der Waals surface area contributed by atoms with Crippen LogP contribution in [0.4, 0.5) is 0 Å². The summed E-state index contributed by atoms with van der Waals surface area (Å²) >= 11 is 0. The molecule has 6 heteroatoms. The molecule has 31 heavy (non-hydrogen) atoms. The lowest BCUT2D eigenvalue weighted by Gasteiger charge is -2.22. The van der Waals surface area contributed by atoms with Gasteiger partial charge >= 0.3 is 5.97 Å². The zero-order valence-corrected chi connectivity index (χ0v) is 18.0. The molecule has 0 bridgehead atoms. The number of carboxylic acid groups (broad SMARTS) is 1. The first-order valence-electron chi connectivity index (χ1n) is 10.7. The van der Waals surface area contributed by atoms with Crippen LogP contribution in [0.2, 0.25) is 0 Å². The van der Waals surface area contributed by atoms with Gasteiger partial charge in [-0.3, -0.25) is 9.59 Å². The number of carbonyl (C=O) groups is 2. The number of ketones is 1. The Morgan fingerprint density at radius 2 is 1.77 bits per heavy atom. The molecule has 0 amide bonds. The SMILES string of the molecule is COc1ccc(-c2cccc3c2CCC3=O)c(OCC2(CCCC(=O)O)CC2)c1OC. The molecule has 0 spiro atoms. The predicted octanol–water partition coefficient (Wildman–Crippen LogP) is 4.91. The Morgan fingerprint density at radius 3 is 2.45 bits per heavy atom. The van der Waals surface area contributed by atoms with Gasteiger partial charge in [-0.1, -0.05) is 18.2 Å². The number of benzene rings is 2. The van der Waals surface area contributed by atoms with Crippen LogP contribution in [0.25, 0.3) is 11.1 Å². The van der Waals surface area contributed by atoms with Gasteiger partial charge in [0.25, 0.3) is 0 Å². The number of rotatable bonds is 10. The molecule has 2 aromatic rings. The van der Waals surface area contributed by atoms with Crippen LogP contribution in [0.1, 0.15) is 54.4 Å². The Bertz CT molecular complexity index is 1010. The van der Waals surface area contributed by atoms with E-state index in [0.29, 0.717) is 36.7 Å². The van der Waals surface area contributed by atoms with Crippen molar-refractivity contribution in [2.75, 3.05) is 20.8 Å². The highest BCUT2D eigenvalue weighted by Gasteiger charge is 2.43. The third-order valence-electron chi connectivity index (χ3n) is 6.45. The lowest BCUT2D eigenvalue weighted by Crippen LogP contribution is -2.15. The molecule has 1 N–H and O–H groups in total. The van der Waals surface area contributed by atoms with Crippen LogP contribution in [0.3, 0.4) is 0 Å². The Kier molecular flexibility index (Phi) is 5.90. The maximum Gasteiger partial charge on any atom is 0.303 e. The summed E-state index contributed by atoms with van der Waals surface area (Å²) < 4.78 is 17.6. The monoisotopic (exact) mass is 424 g/mol. The molecule has 6 nitrogen and oxygen atoms in total. The number of carbonyl (C=O) groups excluding carboxylic acids is 1. The quantitative estimate of drug-likeness (QED) is 0.583. The summed E-state index contributed by atoms with van der Waals surface area (Å²) in [4.78, 5) is 23.1. The molecule has 1 saturated carbocycles. The number of Topliss-reactive ketones (excluding diaryl/α,β-unsaturated/α-hetero) is 1. The smallest absolute Gasteiger partial charge is 0.303 e. The van der Waals surface area contributed by atoms with Crippen LogP contribution in [0.15, 0.2) is 30.3 Å². The molecule has 0 aliphatic heterocycles. The average molecular weight is 424 g/mol. The minimum Gasteiger partial charge on any atom is -0.493 e. The zero-order chi connectivity index (χ0) is 22.0. The molecule has 4 rings (SSSR count). The standard InChI is InChI=1S/C25H28O6/c1-29-21-11-9-19(16-5-3-6-18-17(16)8-10-20(18)26)23(24(21)30-2)31-15-25(13-14-25)12-4-7-22(27)28/h3,5-6,9,11H,4,7-8,10,12-15H2,1-2H3,(H,27,28). The molecule has 1 fully saturated rings. The van der Waals surface area contributed by atoms with Crippen molar-refractivity contribution in [3.63, 3.8) is 0 Å². The van der Waals surface area contributed by atoms with Crippen molar-refractivity contribution in [3.8, 4) is 28.4 Å². The fourth-order valence-electron chi connectivity index (χ4n) is 4.48. The number of aliphatic carboxylic acids is 1. The maximum absolute atomic E-state index is 12.3. The molecular weight excluding hydrogens is 396 g/mol. The van der Waals surface area contributed by atoms with Gasteiger partial charge in [0.1, 0.15) is 0 Å². The summed E-state index contributed by atoms with van der Waals surface area (Å²) in [5, 5.41) is 8.94. The fraction of sp³-hybridized carbons (Fsp3) is 0.440. The van der Waals surface area contributed by atoms with Crippen molar-refractivity contribution < 1.29 is 28.9 Å². The van der Waals surface area contributed by atoms with E-state index in [1.54, 1.807) is 14.2 Å². The number of hydrogen-bond acceptors (Lipinski definition) is 5. The van der Waals surface area contributed by atoms with Gasteiger partial charge in [-0.25, -0.2) is 0 Å². The third kappa shape index (κ3) is 4.24. The van der Waals surface area contributed by atoms with Gasteiger partial charge in [0.2, 0.25) is 5.75 Å². The second-order valence-electron chi connectivity index (χ2n) is 8.47. The molecule has 164 valence electrons. The third-order valence-corrected chi connectivity index (χ3v) is 6.45. The van der Waals surface area contributed by atoms with Crippen LogP contribution in [-0.2, 0) is 11.2 Å². The van der Waals surface area contributed by atoms with Gasteiger partial charge in [0.15, 0.2) is 17.3 Å². The van der Waals surface area contributed by atoms with E-state index in [0.717, 1.165) is 47.9 Å². The van der Waals surface area contributed by atoms with Crippen LogP contribution in [-0.4, -0.2) is 37.7 Å². The molecule has 0 heterocycles. The van der Waals surface area contributed by atoms with Crippen LogP contribution >= 0.6 is 0 Å². The van der Waals surface area contributed by atoms with Gasteiger partial charge in [-0.05, 0) is 55.4 Å². The van der Waals surface area contributed by atoms with E-state index in [9.17, 15) is 9.59 Å². The Hall–Kier alpha value is -3.02. The fourth-order valence-corrected chi connectivity index (χ4v) is 4.48. The van der Waals surface area contributed by atoms with E-state index in [2.05, 4.69) is 0 Å². The highest BCUT2D eigenvalue weighted by Crippen LogP contribution is 2.52. The maximum atomic E-state index is 12.3. The van der Waals surface area contributed by atoms with Crippen LogP contribution in [0, 0.1) is 5.41 Å². The van der Waals surface area contributed by atoms with E-state index < -0.39 is 5.97 Å². The van der Waals surface area contributed by atoms with Gasteiger partial charge in [-0.2, -0.15) is 0 Å². The van der Waals surface area contributed by atoms with E-state index in [1.165, 1.54) is 0 Å². The molecule has 0 saturated heterocycles. The minimum atomic E-state index is -0.763. The molecule has 0 unspecified atom stereocenters. The summed E-state index contributed by atoms with van der Waals surface area (Å²) in [5.74, 6) is 1.14. The lowest BCUT2D eigenvalue weighted by atomic mass is 9.95. The minimum absolute atomic E-state index is 0.0232. The number of hydrogen-bond donors (Lipinski definition) is 1. The zero-order valence-electron chi connectivity index (χ0n) is 18.0. The predicted molar refractivity (Wildman–Crippen MR) is 116 cm³/mol. The molecule has 2 aliphatic rings. The number of methoxy groups -OCH3 is 2. The van der Waals surface area contributed by atoms with Gasteiger partial charge in [0, 0.05) is 29.4 Å². The molecule has 0 atom stereocenters. The number of carboxylic acids is 1. The van der Waals surface area contributed by atoms with Crippen LogP contribution in [0.5, 0.6) is 17.2 Å². The summed E-state index contributed by atoms with van der Waals surface area (Å²) in [5.41, 5.74) is 3.72. The molecular formula is C25H28O6. The molecule has 2 aromatic carbocycles. The Balaban J connectivity index is 1.67. The summed E-state index contributed by atoms with van der Waals surface area (Å²) in [6.45, 7) is 0.497. The number of ether oxygens (including phenoxy) is 3. The highest BCUT2D eigenvalue weighted by molar-refractivity contribution is 6.02. The van der Waals surface area contributed by atoms with Crippen molar-refractivity contribution in [2.45, 2.75) is 44.9 Å². The van der Waals surface area contributed by atoms with Crippen molar-refractivity contribution in [2.24, 2.45) is 5.41 Å². The lowest BCUT2D eigenvalue weighted by molar-refractivity contribution is -0.137. The van der Waals surface area contributed by atoms with E-state index in [1.807, 2.05) is 30.3 Å². The first kappa shape index (κ1) is 21.2. The van der Waals surface area contributed by atoms with Gasteiger partial charge in [0.05, 0.1) is 20.8 Å². The molecule has 0 radical (unpaired) electrons. The first-order valence-corrected chi connectivity index (χ1v) is 10.7. The van der Waals surface area contributed by atoms with Crippen molar-refractivity contribution in [3.05, 3.63) is 41.5 Å². The second-order valence-corrected chi connectivity index (χ2v) is 8.47. The Morgan fingerprint density at radius 1 is 1.00 bits per heavy atom. The molecule has 0 aromatic heterocycles. The van der Waals surface area contributed by atoms with E-state index in [-0.39, 0.29) is 17.6 Å². The topological polar surface area (TPSA) is 82.1 Å². The van der Waals surface area contributed by atoms with E-state index >= 15 is 0 Å².